The third-order valence-electron chi connectivity index (χ3n) is 6.09. The molecular formula is C28H37N3O2. The molecule has 0 saturated carbocycles. The molecule has 2 unspecified atom stereocenters. The molecule has 0 radical (unpaired) electrons. The summed E-state index contributed by atoms with van der Waals surface area (Å²) in [6, 6.07) is 15.0. The van der Waals surface area contributed by atoms with E-state index in [4.69, 9.17) is 4.98 Å². The summed E-state index contributed by atoms with van der Waals surface area (Å²) in [6.45, 7) is 12.8. The Bertz CT molecular complexity index is 1190. The highest BCUT2D eigenvalue weighted by Crippen LogP contribution is 2.29. The van der Waals surface area contributed by atoms with Crippen molar-refractivity contribution in [3.05, 3.63) is 70.3 Å². The number of aryl methyl sites for hydroxylation is 1. The van der Waals surface area contributed by atoms with Crippen LogP contribution in [0.5, 0.6) is 0 Å². The van der Waals surface area contributed by atoms with Gasteiger partial charge in [-0.3, -0.25) is 14.2 Å². The van der Waals surface area contributed by atoms with E-state index in [1.807, 2.05) is 69.4 Å². The van der Waals surface area contributed by atoms with E-state index >= 15 is 0 Å². The summed E-state index contributed by atoms with van der Waals surface area (Å²) < 4.78 is 1.69. The average Bonchev–Trinajstić information content (AvgIpc) is 2.73. The molecule has 1 aromatic heterocycles. The van der Waals surface area contributed by atoms with Gasteiger partial charge in [-0.2, -0.15) is 0 Å². The highest BCUT2D eigenvalue weighted by Gasteiger charge is 2.28. The molecule has 2 atom stereocenters. The second-order valence-corrected chi connectivity index (χ2v) is 10.5. The first-order chi connectivity index (χ1) is 15.5. The molecule has 2 aromatic carbocycles. The largest absolute Gasteiger partial charge is 0.336 e. The van der Waals surface area contributed by atoms with Crippen LogP contribution in [0.1, 0.15) is 71.3 Å². The zero-order chi connectivity index (χ0) is 24.3. The van der Waals surface area contributed by atoms with E-state index in [0.29, 0.717) is 29.6 Å². The topological polar surface area (TPSA) is 55.2 Å². The first-order valence-electron chi connectivity index (χ1n) is 11.9. The number of para-hydroxylation sites is 1. The number of carbonyl (C=O) groups excluding carboxylic acids is 1. The van der Waals surface area contributed by atoms with Gasteiger partial charge in [-0.25, -0.2) is 4.98 Å². The van der Waals surface area contributed by atoms with Crippen molar-refractivity contribution < 1.29 is 4.79 Å². The van der Waals surface area contributed by atoms with Crippen LogP contribution in [0.4, 0.5) is 0 Å². The Hall–Kier alpha value is -2.95. The minimum atomic E-state index is -0.308. The fourth-order valence-corrected chi connectivity index (χ4v) is 4.75. The first-order valence-corrected chi connectivity index (χ1v) is 11.9. The summed E-state index contributed by atoms with van der Waals surface area (Å²) in [7, 11) is 1.84. The van der Waals surface area contributed by atoms with Crippen LogP contribution < -0.4 is 5.56 Å². The molecular weight excluding hydrogens is 410 g/mol. The number of fused-ring (bicyclic) bond motifs is 1. The highest BCUT2D eigenvalue weighted by atomic mass is 16.2. The predicted octanol–water partition coefficient (Wildman–Crippen LogP) is 6.07. The van der Waals surface area contributed by atoms with Crippen LogP contribution in [0, 0.1) is 18.3 Å². The molecule has 5 heteroatoms. The first kappa shape index (κ1) is 24.7. The molecule has 0 aliphatic rings. The standard InChI is InChI=1S/C28H37N3O2/c1-8-24(30(7)25(32)17-20(3)18-28(4,5)6)26-29-23-15-10-9-14-22(23)27(33)31(26)21-13-11-12-19(2)16-21/h9-16,20,24H,8,17-18H2,1-7H3. The number of hydrogen-bond donors (Lipinski definition) is 0. The summed E-state index contributed by atoms with van der Waals surface area (Å²) in [5, 5.41) is 0.574. The lowest BCUT2D eigenvalue weighted by Gasteiger charge is -2.31. The van der Waals surface area contributed by atoms with E-state index < -0.39 is 0 Å². The second-order valence-electron chi connectivity index (χ2n) is 10.5. The molecule has 0 aliphatic carbocycles. The van der Waals surface area contributed by atoms with Gasteiger partial charge in [-0.05, 0) is 60.9 Å². The number of hydrogen-bond acceptors (Lipinski definition) is 3. The summed E-state index contributed by atoms with van der Waals surface area (Å²) >= 11 is 0. The van der Waals surface area contributed by atoms with Crippen molar-refractivity contribution in [1.82, 2.24) is 14.5 Å². The van der Waals surface area contributed by atoms with Gasteiger partial charge in [0.05, 0.1) is 22.6 Å². The van der Waals surface area contributed by atoms with E-state index in [0.717, 1.165) is 17.7 Å². The number of aromatic nitrogens is 2. The molecule has 0 saturated heterocycles. The average molecular weight is 448 g/mol. The third-order valence-corrected chi connectivity index (χ3v) is 6.09. The fourth-order valence-electron chi connectivity index (χ4n) is 4.75. The van der Waals surface area contributed by atoms with Crippen molar-refractivity contribution in [2.75, 3.05) is 7.05 Å². The quantitative estimate of drug-likeness (QED) is 0.442. The third kappa shape index (κ3) is 5.70. The van der Waals surface area contributed by atoms with Gasteiger partial charge in [0.2, 0.25) is 5.91 Å². The van der Waals surface area contributed by atoms with Crippen LogP contribution in [0.15, 0.2) is 53.3 Å². The van der Waals surface area contributed by atoms with E-state index in [9.17, 15) is 9.59 Å². The molecule has 176 valence electrons. The van der Waals surface area contributed by atoms with E-state index in [1.54, 1.807) is 9.47 Å². The molecule has 3 rings (SSSR count). The Kier molecular flexibility index (Phi) is 7.41. The van der Waals surface area contributed by atoms with Gasteiger partial charge in [-0.15, -0.1) is 0 Å². The van der Waals surface area contributed by atoms with Crippen molar-refractivity contribution in [3.63, 3.8) is 0 Å². The summed E-state index contributed by atoms with van der Waals surface area (Å²) in [5.74, 6) is 0.962. The van der Waals surface area contributed by atoms with Gasteiger partial charge in [0.1, 0.15) is 5.82 Å². The Balaban J connectivity index is 2.09. The van der Waals surface area contributed by atoms with Crippen LogP contribution >= 0.6 is 0 Å². The SMILES string of the molecule is CCC(c1nc2ccccc2c(=O)n1-c1cccc(C)c1)N(C)C(=O)CC(C)CC(C)(C)C. The molecule has 0 spiro atoms. The van der Waals surface area contributed by atoms with Crippen molar-refractivity contribution in [2.24, 2.45) is 11.3 Å². The van der Waals surface area contributed by atoms with Gasteiger partial charge >= 0.3 is 0 Å². The van der Waals surface area contributed by atoms with Crippen molar-refractivity contribution in [3.8, 4) is 5.69 Å². The Morgan fingerprint density at radius 3 is 2.45 bits per heavy atom. The maximum atomic E-state index is 13.6. The zero-order valence-corrected chi connectivity index (χ0v) is 21.1. The van der Waals surface area contributed by atoms with Crippen molar-refractivity contribution in [2.45, 2.75) is 66.8 Å². The smallest absolute Gasteiger partial charge is 0.266 e. The molecule has 0 aliphatic heterocycles. The van der Waals surface area contributed by atoms with Crippen LogP contribution in [0.25, 0.3) is 16.6 Å². The molecule has 0 fully saturated rings. The number of carbonyl (C=O) groups is 1. The van der Waals surface area contributed by atoms with Gasteiger partial charge in [-0.1, -0.05) is 58.9 Å². The van der Waals surface area contributed by atoms with E-state index in [-0.39, 0.29) is 28.8 Å². The Labute approximate surface area is 197 Å². The molecule has 1 heterocycles. The van der Waals surface area contributed by atoms with E-state index in [2.05, 4.69) is 27.7 Å². The highest BCUT2D eigenvalue weighted by molar-refractivity contribution is 5.79. The predicted molar refractivity (Wildman–Crippen MR) is 136 cm³/mol. The summed E-state index contributed by atoms with van der Waals surface area (Å²) in [6.07, 6.45) is 2.12. The Morgan fingerprint density at radius 2 is 1.82 bits per heavy atom. The zero-order valence-electron chi connectivity index (χ0n) is 21.1. The molecule has 5 nitrogen and oxygen atoms in total. The van der Waals surface area contributed by atoms with Crippen LogP contribution in [0.2, 0.25) is 0 Å². The molecule has 3 aromatic rings. The number of nitrogens with zero attached hydrogens (tertiary/aromatic N) is 3. The fraction of sp³-hybridized carbons (Fsp3) is 0.464. The van der Waals surface area contributed by atoms with Crippen LogP contribution in [-0.2, 0) is 4.79 Å². The lowest BCUT2D eigenvalue weighted by molar-refractivity contribution is -0.133. The number of rotatable bonds is 7. The van der Waals surface area contributed by atoms with Gasteiger partial charge < -0.3 is 4.90 Å². The minimum absolute atomic E-state index is 0.0804. The minimum Gasteiger partial charge on any atom is -0.336 e. The van der Waals surface area contributed by atoms with Crippen molar-refractivity contribution in [1.29, 1.82) is 0 Å². The summed E-state index contributed by atoms with van der Waals surface area (Å²) in [5.41, 5.74) is 2.55. The monoisotopic (exact) mass is 447 g/mol. The van der Waals surface area contributed by atoms with Crippen molar-refractivity contribution >= 4 is 16.8 Å². The molecule has 1 amide bonds. The van der Waals surface area contributed by atoms with Gasteiger partial charge in [0.25, 0.3) is 5.56 Å². The number of amides is 1. The van der Waals surface area contributed by atoms with E-state index in [1.165, 1.54) is 0 Å². The lowest BCUT2D eigenvalue weighted by Crippen LogP contribution is -2.36. The van der Waals surface area contributed by atoms with Gasteiger partial charge in [0.15, 0.2) is 0 Å². The molecule has 0 N–H and O–H groups in total. The van der Waals surface area contributed by atoms with Gasteiger partial charge in [0, 0.05) is 13.5 Å². The van der Waals surface area contributed by atoms with Crippen LogP contribution in [0.3, 0.4) is 0 Å². The van der Waals surface area contributed by atoms with Crippen LogP contribution in [-0.4, -0.2) is 27.4 Å². The lowest BCUT2D eigenvalue weighted by atomic mass is 9.84. The summed E-state index contributed by atoms with van der Waals surface area (Å²) in [4.78, 5) is 33.6. The maximum Gasteiger partial charge on any atom is 0.266 e. The molecule has 0 bridgehead atoms. The molecule has 33 heavy (non-hydrogen) atoms. The Morgan fingerprint density at radius 1 is 1.12 bits per heavy atom. The maximum absolute atomic E-state index is 13.6. The second kappa shape index (κ2) is 9.90. The normalized spacial score (nSPS) is 13.7. The number of benzene rings is 2.